The van der Waals surface area contributed by atoms with Gasteiger partial charge in [0, 0.05) is 54.8 Å². The summed E-state index contributed by atoms with van der Waals surface area (Å²) < 4.78 is 21.2. The molecule has 1 atom stereocenters. The van der Waals surface area contributed by atoms with Crippen LogP contribution in [0.4, 0.5) is 15.9 Å². The predicted molar refractivity (Wildman–Crippen MR) is 181 cm³/mol. The Morgan fingerprint density at radius 3 is 2.70 bits per heavy atom. The number of aromatic nitrogens is 2. The Balaban J connectivity index is 1.20. The summed E-state index contributed by atoms with van der Waals surface area (Å²) in [5.74, 6) is 0.473. The fourth-order valence-corrected chi connectivity index (χ4v) is 7.77. The molecule has 9 nitrogen and oxygen atoms in total. The Bertz CT molecular complexity index is 1710. The number of rotatable bonds is 9. The fraction of sp³-hybridized carbons (Fsp3) is 0.514. The van der Waals surface area contributed by atoms with E-state index in [0.717, 1.165) is 59.5 Å². The maximum atomic E-state index is 14.8. The number of piperidine rings is 1. The van der Waals surface area contributed by atoms with Crippen LogP contribution in [0.3, 0.4) is 0 Å². The number of amides is 1. The smallest absolute Gasteiger partial charge is 0.318 e. The van der Waals surface area contributed by atoms with Crippen molar-refractivity contribution in [2.75, 3.05) is 62.2 Å². The molecule has 10 heteroatoms. The molecule has 3 aliphatic heterocycles. The molecule has 1 amide bonds. The average molecular weight is 638 g/mol. The van der Waals surface area contributed by atoms with Crippen LogP contribution in [0, 0.1) is 29.5 Å². The fourth-order valence-electron chi connectivity index (χ4n) is 7.77. The molecule has 1 saturated carbocycles. The summed E-state index contributed by atoms with van der Waals surface area (Å²) in [5.41, 5.74) is 3.78. The Morgan fingerprint density at radius 2 is 1.94 bits per heavy atom. The van der Waals surface area contributed by atoms with Gasteiger partial charge in [0.1, 0.15) is 11.6 Å². The molecule has 4 heterocycles. The number of nitriles is 1. The Kier molecular flexibility index (Phi) is 8.75. The molecular formula is C37H44FN7O2. The molecule has 0 radical (unpaired) electrons. The van der Waals surface area contributed by atoms with E-state index in [9.17, 15) is 14.4 Å². The molecule has 1 aromatic heterocycles. The summed E-state index contributed by atoms with van der Waals surface area (Å²) in [6, 6.07) is 11.9. The standard InChI is InChI=1S/C37H44FN7O2/c1-3-33(46)45-21-20-44(22-28(45)12-16-39)35-29-13-19-43(32-9-7-8-27-10-11-30(38)26(2)34(27)32)23-31(29)40-36(41-35)47-25-37(14-15-37)24-42-17-5-4-6-18-42/h3,7-11,28H,1,4-6,12-15,17-25H2,2H3/t28-/m0/s1. The van der Waals surface area contributed by atoms with Gasteiger partial charge >= 0.3 is 6.01 Å². The highest BCUT2D eigenvalue weighted by atomic mass is 19.1. The van der Waals surface area contributed by atoms with Crippen LogP contribution < -0.4 is 14.5 Å². The zero-order valence-corrected chi connectivity index (χ0v) is 27.4. The first-order valence-corrected chi connectivity index (χ1v) is 17.1. The lowest BCUT2D eigenvalue weighted by Crippen LogP contribution is -2.55. The van der Waals surface area contributed by atoms with E-state index < -0.39 is 0 Å². The number of carbonyl (C=O) groups is 1. The van der Waals surface area contributed by atoms with Crippen molar-refractivity contribution in [2.24, 2.45) is 5.41 Å². The van der Waals surface area contributed by atoms with Gasteiger partial charge in [-0.25, -0.2) is 4.39 Å². The average Bonchev–Trinajstić information content (AvgIpc) is 3.87. The van der Waals surface area contributed by atoms with E-state index in [1.54, 1.807) is 4.90 Å². The molecule has 7 rings (SSSR count). The van der Waals surface area contributed by atoms with Gasteiger partial charge in [-0.2, -0.15) is 15.2 Å². The van der Waals surface area contributed by atoms with Crippen LogP contribution in [0.25, 0.3) is 10.8 Å². The number of likely N-dealkylation sites (tertiary alicyclic amines) is 1. The van der Waals surface area contributed by atoms with E-state index in [4.69, 9.17) is 14.7 Å². The highest BCUT2D eigenvalue weighted by Gasteiger charge is 2.45. The largest absolute Gasteiger partial charge is 0.463 e. The first-order valence-electron chi connectivity index (χ1n) is 17.1. The monoisotopic (exact) mass is 637 g/mol. The van der Waals surface area contributed by atoms with Gasteiger partial charge in [-0.05, 0) is 81.3 Å². The second-order valence-electron chi connectivity index (χ2n) is 13.8. The van der Waals surface area contributed by atoms with E-state index >= 15 is 0 Å². The molecule has 3 aromatic rings. The lowest BCUT2D eigenvalue weighted by Gasteiger charge is -2.42. The minimum absolute atomic E-state index is 0.153. The minimum Gasteiger partial charge on any atom is -0.463 e. The van der Waals surface area contributed by atoms with Gasteiger partial charge in [0.05, 0.1) is 37.4 Å². The van der Waals surface area contributed by atoms with Crippen LogP contribution in [-0.4, -0.2) is 84.1 Å². The second kappa shape index (κ2) is 13.1. The van der Waals surface area contributed by atoms with Crippen LogP contribution in [-0.2, 0) is 17.8 Å². The van der Waals surface area contributed by atoms with Crippen molar-refractivity contribution in [3.05, 3.63) is 65.6 Å². The molecule has 3 fully saturated rings. The summed E-state index contributed by atoms with van der Waals surface area (Å²) >= 11 is 0. The first-order chi connectivity index (χ1) is 22.9. The van der Waals surface area contributed by atoms with Crippen LogP contribution in [0.1, 0.15) is 55.3 Å². The molecule has 0 N–H and O–H groups in total. The van der Waals surface area contributed by atoms with Crippen LogP contribution >= 0.6 is 0 Å². The third kappa shape index (κ3) is 6.38. The molecule has 2 saturated heterocycles. The number of hydrogen-bond donors (Lipinski definition) is 0. The van der Waals surface area contributed by atoms with E-state index in [1.165, 1.54) is 44.5 Å². The van der Waals surface area contributed by atoms with Gasteiger partial charge in [-0.15, -0.1) is 0 Å². The Labute approximate surface area is 276 Å². The summed E-state index contributed by atoms with van der Waals surface area (Å²) in [6.07, 6.45) is 8.44. The van der Waals surface area contributed by atoms with Gasteiger partial charge in [-0.1, -0.05) is 31.2 Å². The number of halogens is 1. The molecule has 4 aliphatic rings. The normalized spacial score (nSPS) is 20.9. The highest BCUT2D eigenvalue weighted by molar-refractivity contribution is 5.97. The third-order valence-corrected chi connectivity index (χ3v) is 10.6. The van der Waals surface area contributed by atoms with Gasteiger partial charge in [0.2, 0.25) is 5.91 Å². The van der Waals surface area contributed by atoms with Crippen molar-refractivity contribution >= 4 is 28.2 Å². The van der Waals surface area contributed by atoms with E-state index in [2.05, 4.69) is 33.4 Å². The van der Waals surface area contributed by atoms with Crippen molar-refractivity contribution in [3.8, 4) is 12.1 Å². The van der Waals surface area contributed by atoms with Crippen molar-refractivity contribution in [1.29, 1.82) is 5.26 Å². The lowest BCUT2D eigenvalue weighted by molar-refractivity contribution is -0.128. The zero-order chi connectivity index (χ0) is 32.5. The number of aryl methyl sites for hydroxylation is 1. The van der Waals surface area contributed by atoms with Gasteiger partial charge < -0.3 is 24.3 Å². The summed E-state index contributed by atoms with van der Waals surface area (Å²) in [7, 11) is 0. The molecule has 1 aliphatic carbocycles. The van der Waals surface area contributed by atoms with E-state index in [-0.39, 0.29) is 29.6 Å². The number of hydrogen-bond acceptors (Lipinski definition) is 8. The van der Waals surface area contributed by atoms with Crippen molar-refractivity contribution in [1.82, 2.24) is 19.8 Å². The van der Waals surface area contributed by atoms with Crippen LogP contribution in [0.15, 0.2) is 43.0 Å². The highest BCUT2D eigenvalue weighted by Crippen LogP contribution is 2.47. The molecule has 246 valence electrons. The third-order valence-electron chi connectivity index (χ3n) is 10.6. The number of benzene rings is 2. The number of carbonyl (C=O) groups excluding carboxylic acids is 1. The SMILES string of the molecule is C=CC(=O)N1CCN(c2nc(OCC3(CN4CCCCC4)CC3)nc3c2CCN(c2cccc4ccc(F)c(C)c24)C3)C[C@@H]1CC#N. The number of piperazine rings is 1. The van der Waals surface area contributed by atoms with Gasteiger partial charge in [0.15, 0.2) is 0 Å². The minimum atomic E-state index is -0.262. The predicted octanol–water partition coefficient (Wildman–Crippen LogP) is 5.40. The topological polar surface area (TPSA) is 88.8 Å². The summed E-state index contributed by atoms with van der Waals surface area (Å²) in [4.78, 5) is 31.5. The maximum Gasteiger partial charge on any atom is 0.318 e. The van der Waals surface area contributed by atoms with Crippen molar-refractivity contribution in [2.45, 2.75) is 64.5 Å². The summed E-state index contributed by atoms with van der Waals surface area (Å²) in [5, 5.41) is 11.5. The van der Waals surface area contributed by atoms with Crippen LogP contribution in [0.5, 0.6) is 6.01 Å². The number of ether oxygens (including phenoxy) is 1. The quantitative estimate of drug-likeness (QED) is 0.288. The van der Waals surface area contributed by atoms with E-state index in [0.29, 0.717) is 50.8 Å². The number of anilines is 2. The molecule has 0 bridgehead atoms. The molecule has 47 heavy (non-hydrogen) atoms. The Hall–Kier alpha value is -4.23. The van der Waals surface area contributed by atoms with Crippen molar-refractivity contribution < 1.29 is 13.9 Å². The lowest BCUT2D eigenvalue weighted by atomic mass is 9.99. The second-order valence-corrected chi connectivity index (χ2v) is 13.8. The number of fused-ring (bicyclic) bond motifs is 2. The van der Waals surface area contributed by atoms with Gasteiger partial charge in [-0.3, -0.25) is 4.79 Å². The first kappa shape index (κ1) is 31.4. The van der Waals surface area contributed by atoms with Crippen LogP contribution in [0.2, 0.25) is 0 Å². The molecular weight excluding hydrogens is 593 g/mol. The van der Waals surface area contributed by atoms with Gasteiger partial charge in [0.25, 0.3) is 0 Å². The maximum absolute atomic E-state index is 14.8. The van der Waals surface area contributed by atoms with Crippen molar-refractivity contribution in [3.63, 3.8) is 0 Å². The molecule has 0 unspecified atom stereocenters. The molecule has 0 spiro atoms. The van der Waals surface area contributed by atoms with E-state index in [1.807, 2.05) is 25.1 Å². The zero-order valence-electron chi connectivity index (χ0n) is 27.4. The summed E-state index contributed by atoms with van der Waals surface area (Å²) in [6.45, 7) is 12.3. The Morgan fingerprint density at radius 1 is 1.11 bits per heavy atom. The number of nitrogens with zero attached hydrogens (tertiary/aromatic N) is 7. The molecule has 2 aromatic carbocycles.